The topological polar surface area (TPSA) is 75.9 Å². The van der Waals surface area contributed by atoms with Crippen molar-refractivity contribution in [3.63, 3.8) is 0 Å². The summed E-state index contributed by atoms with van der Waals surface area (Å²) in [5, 5.41) is 9.21. The van der Waals surface area contributed by atoms with E-state index in [0.29, 0.717) is 18.7 Å². The van der Waals surface area contributed by atoms with E-state index in [-0.39, 0.29) is 5.91 Å². The zero-order valence-electron chi connectivity index (χ0n) is 16.0. The van der Waals surface area contributed by atoms with Gasteiger partial charge in [-0.25, -0.2) is 14.6 Å². The number of anilines is 1. The molecule has 146 valence electrons. The van der Waals surface area contributed by atoms with Gasteiger partial charge in [-0.1, -0.05) is 30.0 Å². The van der Waals surface area contributed by atoms with Gasteiger partial charge >= 0.3 is 0 Å². The molecule has 1 aliphatic rings. The number of rotatable bonds is 6. The summed E-state index contributed by atoms with van der Waals surface area (Å²) in [7, 11) is 0. The summed E-state index contributed by atoms with van der Waals surface area (Å²) >= 11 is 1.54. The third-order valence-corrected chi connectivity index (χ3v) is 5.49. The van der Waals surface area contributed by atoms with Crippen LogP contribution in [0.15, 0.2) is 41.7 Å². The summed E-state index contributed by atoms with van der Waals surface area (Å²) in [4.78, 5) is 24.0. The lowest BCUT2D eigenvalue weighted by Crippen LogP contribution is -2.30. The number of nitrogens with zero attached hydrogens (tertiary/aromatic N) is 5. The number of fused-ring (bicyclic) bond motifs is 1. The molecule has 0 atom stereocenters. The van der Waals surface area contributed by atoms with Crippen molar-refractivity contribution in [1.29, 1.82) is 0 Å². The molecule has 7 nitrogen and oxygen atoms in total. The summed E-state index contributed by atoms with van der Waals surface area (Å²) in [6, 6.07) is 9.23. The van der Waals surface area contributed by atoms with Crippen LogP contribution in [0.1, 0.15) is 29.6 Å². The summed E-state index contributed by atoms with van der Waals surface area (Å²) in [5.74, 6) is 0.902. The van der Waals surface area contributed by atoms with Gasteiger partial charge in [0, 0.05) is 25.2 Å². The van der Waals surface area contributed by atoms with Gasteiger partial charge in [0.25, 0.3) is 5.91 Å². The lowest BCUT2D eigenvalue weighted by atomic mass is 10.1. The molecule has 1 fully saturated rings. The summed E-state index contributed by atoms with van der Waals surface area (Å²) < 4.78 is 1.86. The van der Waals surface area contributed by atoms with Crippen LogP contribution in [0.25, 0.3) is 11.0 Å². The van der Waals surface area contributed by atoms with Gasteiger partial charge in [-0.3, -0.25) is 4.79 Å². The molecule has 1 aromatic carbocycles. The molecule has 0 unspecified atom stereocenters. The number of piperidine rings is 1. The van der Waals surface area contributed by atoms with Crippen molar-refractivity contribution in [3.05, 3.63) is 42.1 Å². The van der Waals surface area contributed by atoms with Crippen molar-refractivity contribution in [3.8, 4) is 0 Å². The quantitative estimate of drug-likeness (QED) is 0.510. The van der Waals surface area contributed by atoms with Crippen molar-refractivity contribution >= 4 is 34.5 Å². The molecular weight excluding hydrogens is 372 g/mol. The maximum Gasteiger partial charge on any atom is 0.251 e. The van der Waals surface area contributed by atoms with Gasteiger partial charge in [-0.05, 0) is 37.7 Å². The molecule has 1 N–H and O–H groups in total. The number of hydrogen-bond acceptors (Lipinski definition) is 6. The second kappa shape index (κ2) is 8.60. The standard InChI is InChI=1S/C20H24N6OS/c1-28-20-23-17(25-11-6-3-7-12-25)16-14-22-26(18(16)24-20)13-10-21-19(27)15-8-4-2-5-9-15/h2,4-5,8-9,14H,3,6-7,10-13H2,1H3,(H,21,27). The lowest BCUT2D eigenvalue weighted by molar-refractivity contribution is 0.0952. The van der Waals surface area contributed by atoms with Crippen LogP contribution in [0, 0.1) is 0 Å². The van der Waals surface area contributed by atoms with E-state index < -0.39 is 0 Å². The molecule has 28 heavy (non-hydrogen) atoms. The molecule has 2 aromatic heterocycles. The van der Waals surface area contributed by atoms with Crippen molar-refractivity contribution in [2.45, 2.75) is 31.0 Å². The number of amides is 1. The highest BCUT2D eigenvalue weighted by molar-refractivity contribution is 7.98. The highest BCUT2D eigenvalue weighted by atomic mass is 32.2. The molecule has 0 spiro atoms. The van der Waals surface area contributed by atoms with Crippen molar-refractivity contribution in [2.75, 3.05) is 30.8 Å². The van der Waals surface area contributed by atoms with Crippen molar-refractivity contribution in [1.82, 2.24) is 25.1 Å². The fourth-order valence-corrected chi connectivity index (χ4v) is 3.85. The van der Waals surface area contributed by atoms with Crippen LogP contribution in [0.5, 0.6) is 0 Å². The van der Waals surface area contributed by atoms with Crippen LogP contribution < -0.4 is 10.2 Å². The Morgan fingerprint density at radius 2 is 1.93 bits per heavy atom. The second-order valence-corrected chi connectivity index (χ2v) is 7.58. The van der Waals surface area contributed by atoms with Crippen LogP contribution in [-0.2, 0) is 6.54 Å². The Hall–Kier alpha value is -2.61. The minimum Gasteiger partial charge on any atom is -0.356 e. The molecule has 4 rings (SSSR count). The van der Waals surface area contributed by atoms with Crippen molar-refractivity contribution in [2.24, 2.45) is 0 Å². The fourth-order valence-electron chi connectivity index (χ4n) is 3.49. The number of hydrogen-bond donors (Lipinski definition) is 1. The largest absolute Gasteiger partial charge is 0.356 e. The first-order valence-corrected chi connectivity index (χ1v) is 10.8. The number of aromatic nitrogens is 4. The minimum absolute atomic E-state index is 0.0782. The van der Waals surface area contributed by atoms with E-state index in [2.05, 4.69) is 20.3 Å². The molecule has 1 aliphatic heterocycles. The van der Waals surface area contributed by atoms with E-state index in [1.54, 1.807) is 11.8 Å². The molecule has 1 amide bonds. The molecular formula is C20H24N6OS. The van der Waals surface area contributed by atoms with E-state index in [4.69, 9.17) is 4.98 Å². The zero-order chi connectivity index (χ0) is 19.3. The molecule has 8 heteroatoms. The van der Waals surface area contributed by atoms with Gasteiger partial charge in [-0.15, -0.1) is 0 Å². The molecule has 3 aromatic rings. The van der Waals surface area contributed by atoms with Gasteiger partial charge in [0.2, 0.25) is 0 Å². The Labute approximate surface area is 168 Å². The molecule has 1 saturated heterocycles. The Bertz CT molecular complexity index is 952. The smallest absolute Gasteiger partial charge is 0.251 e. The number of carbonyl (C=O) groups is 1. The first-order valence-electron chi connectivity index (χ1n) is 9.62. The maximum absolute atomic E-state index is 12.2. The van der Waals surface area contributed by atoms with Crippen LogP contribution in [0.4, 0.5) is 5.82 Å². The van der Waals surface area contributed by atoms with Gasteiger partial charge < -0.3 is 10.2 Å². The van der Waals surface area contributed by atoms with Gasteiger partial charge in [0.15, 0.2) is 10.8 Å². The van der Waals surface area contributed by atoms with E-state index in [1.807, 2.05) is 47.5 Å². The predicted octanol–water partition coefficient (Wildman–Crippen LogP) is 2.97. The Morgan fingerprint density at radius 3 is 2.68 bits per heavy atom. The zero-order valence-corrected chi connectivity index (χ0v) is 16.8. The highest BCUT2D eigenvalue weighted by Gasteiger charge is 2.19. The summed E-state index contributed by atoms with van der Waals surface area (Å²) in [5.41, 5.74) is 1.49. The molecule has 3 heterocycles. The van der Waals surface area contributed by atoms with Crippen LogP contribution >= 0.6 is 11.8 Å². The SMILES string of the molecule is CSc1nc(N2CCCCC2)c2cnn(CCNC(=O)c3ccccc3)c2n1. The molecule has 0 bridgehead atoms. The average Bonchev–Trinajstić information content (AvgIpc) is 3.17. The Kier molecular flexibility index (Phi) is 5.76. The number of benzene rings is 1. The van der Waals surface area contributed by atoms with Crippen LogP contribution in [-0.4, -0.2) is 51.5 Å². The average molecular weight is 397 g/mol. The highest BCUT2D eigenvalue weighted by Crippen LogP contribution is 2.28. The minimum atomic E-state index is -0.0782. The maximum atomic E-state index is 12.2. The monoisotopic (exact) mass is 396 g/mol. The fraction of sp³-hybridized carbons (Fsp3) is 0.400. The first-order chi connectivity index (χ1) is 13.8. The molecule has 0 radical (unpaired) electrons. The number of carbonyl (C=O) groups excluding carboxylic acids is 1. The first kappa shape index (κ1) is 18.7. The molecule has 0 saturated carbocycles. The summed E-state index contributed by atoms with van der Waals surface area (Å²) in [6.45, 7) is 3.10. The Balaban J connectivity index is 1.52. The second-order valence-electron chi connectivity index (χ2n) is 6.81. The predicted molar refractivity (Wildman–Crippen MR) is 112 cm³/mol. The third kappa shape index (κ3) is 3.96. The van der Waals surface area contributed by atoms with E-state index in [1.165, 1.54) is 19.3 Å². The normalized spacial score (nSPS) is 14.4. The summed E-state index contributed by atoms with van der Waals surface area (Å²) in [6.07, 6.45) is 7.50. The number of thioether (sulfide) groups is 1. The van der Waals surface area contributed by atoms with E-state index >= 15 is 0 Å². The van der Waals surface area contributed by atoms with Gasteiger partial charge in [-0.2, -0.15) is 5.10 Å². The van der Waals surface area contributed by atoms with Crippen LogP contribution in [0.3, 0.4) is 0 Å². The number of nitrogens with one attached hydrogen (secondary N) is 1. The molecule has 0 aliphatic carbocycles. The third-order valence-electron chi connectivity index (χ3n) is 4.94. The van der Waals surface area contributed by atoms with Crippen molar-refractivity contribution < 1.29 is 4.79 Å². The van der Waals surface area contributed by atoms with Crippen LogP contribution in [0.2, 0.25) is 0 Å². The Morgan fingerprint density at radius 1 is 1.14 bits per heavy atom. The van der Waals surface area contributed by atoms with Gasteiger partial charge in [0.1, 0.15) is 5.82 Å². The van der Waals surface area contributed by atoms with E-state index in [0.717, 1.165) is 35.1 Å². The van der Waals surface area contributed by atoms with Gasteiger partial charge in [0.05, 0.1) is 18.1 Å². The lowest BCUT2D eigenvalue weighted by Gasteiger charge is -2.28. The van der Waals surface area contributed by atoms with E-state index in [9.17, 15) is 4.79 Å².